The summed E-state index contributed by atoms with van der Waals surface area (Å²) in [6, 6.07) is 0.459. The van der Waals surface area contributed by atoms with E-state index in [0.29, 0.717) is 25.4 Å². The van der Waals surface area contributed by atoms with E-state index in [2.05, 4.69) is 30.7 Å². The molecule has 1 aromatic heterocycles. The number of aliphatic hydroxyl groups is 1. The largest absolute Gasteiger partial charge is 0.396 e. The summed E-state index contributed by atoms with van der Waals surface area (Å²) >= 11 is 0. The minimum absolute atomic E-state index is 0.0258. The zero-order valence-electron chi connectivity index (χ0n) is 17.1. The van der Waals surface area contributed by atoms with Gasteiger partial charge in [0.05, 0.1) is 6.42 Å². The number of aromatic nitrogens is 1. The Hall–Kier alpha value is -1.62. The van der Waals surface area contributed by atoms with Gasteiger partial charge in [-0.25, -0.2) is 0 Å². The molecule has 2 aliphatic rings. The Kier molecular flexibility index (Phi) is 6.09. The fourth-order valence-corrected chi connectivity index (χ4v) is 4.94. The summed E-state index contributed by atoms with van der Waals surface area (Å²) in [5.41, 5.74) is 4.00. The Bertz CT molecular complexity index is 712. The highest BCUT2D eigenvalue weighted by Gasteiger charge is 2.38. The molecule has 0 spiro atoms. The first kappa shape index (κ1) is 20.1. The minimum atomic E-state index is -0.0622. The van der Waals surface area contributed by atoms with Crippen LogP contribution in [0.25, 0.3) is 0 Å². The van der Waals surface area contributed by atoms with Crippen molar-refractivity contribution in [2.45, 2.75) is 84.6 Å². The van der Waals surface area contributed by atoms with E-state index in [4.69, 9.17) is 5.11 Å². The van der Waals surface area contributed by atoms with Gasteiger partial charge in [0, 0.05) is 42.6 Å². The molecular formula is C22H34N2O3. The fourth-order valence-electron chi connectivity index (χ4n) is 4.94. The summed E-state index contributed by atoms with van der Waals surface area (Å²) in [5.74, 6) is 0.129. The minimum Gasteiger partial charge on any atom is -0.396 e. The summed E-state index contributed by atoms with van der Waals surface area (Å²) in [5, 5.41) is 11.8. The quantitative estimate of drug-likeness (QED) is 0.749. The summed E-state index contributed by atoms with van der Waals surface area (Å²) in [4.78, 5) is 25.5. The van der Waals surface area contributed by atoms with Crippen LogP contribution in [0.15, 0.2) is 0 Å². The maximum atomic E-state index is 13.0. The highest BCUT2D eigenvalue weighted by atomic mass is 16.3. The van der Waals surface area contributed by atoms with E-state index in [1.54, 1.807) is 0 Å². The van der Waals surface area contributed by atoms with Crippen molar-refractivity contribution in [2.24, 2.45) is 5.41 Å². The molecule has 1 fully saturated rings. The van der Waals surface area contributed by atoms with Crippen LogP contribution in [0, 0.1) is 12.3 Å². The molecule has 1 amide bonds. The van der Waals surface area contributed by atoms with E-state index in [0.717, 1.165) is 23.2 Å². The Morgan fingerprint density at radius 3 is 2.59 bits per heavy atom. The topological polar surface area (TPSA) is 71.3 Å². The average Bonchev–Trinajstić information content (AvgIpc) is 2.86. The number of ketones is 1. The normalized spacial score (nSPS) is 19.8. The third kappa shape index (κ3) is 4.29. The summed E-state index contributed by atoms with van der Waals surface area (Å²) in [7, 11) is 0. The van der Waals surface area contributed by atoms with Gasteiger partial charge in [0.25, 0.3) is 0 Å². The van der Waals surface area contributed by atoms with Crippen LogP contribution < -0.4 is 5.32 Å². The van der Waals surface area contributed by atoms with E-state index in [-0.39, 0.29) is 30.1 Å². The van der Waals surface area contributed by atoms with Gasteiger partial charge >= 0.3 is 0 Å². The maximum absolute atomic E-state index is 13.0. The number of nitrogens with zero attached hydrogens (tertiary/aromatic N) is 1. The van der Waals surface area contributed by atoms with E-state index in [9.17, 15) is 9.59 Å². The zero-order valence-corrected chi connectivity index (χ0v) is 17.1. The zero-order chi connectivity index (χ0) is 19.6. The van der Waals surface area contributed by atoms with Gasteiger partial charge in [0.2, 0.25) is 5.91 Å². The molecule has 0 aromatic carbocycles. The van der Waals surface area contributed by atoms with E-state index >= 15 is 0 Å². The van der Waals surface area contributed by atoms with E-state index < -0.39 is 0 Å². The predicted octanol–water partition coefficient (Wildman–Crippen LogP) is 3.50. The maximum Gasteiger partial charge on any atom is 0.224 e. The van der Waals surface area contributed by atoms with Gasteiger partial charge in [-0.3, -0.25) is 9.59 Å². The lowest BCUT2D eigenvalue weighted by atomic mass is 9.75. The van der Waals surface area contributed by atoms with Gasteiger partial charge in [-0.2, -0.15) is 0 Å². The molecule has 3 rings (SSSR count). The number of rotatable bonds is 6. The Morgan fingerprint density at radius 2 is 1.93 bits per heavy atom. The number of nitrogens with one attached hydrogen (secondary N) is 1. The third-order valence-corrected chi connectivity index (χ3v) is 6.18. The second-order valence-corrected chi connectivity index (χ2v) is 9.09. The average molecular weight is 375 g/mol. The van der Waals surface area contributed by atoms with Crippen molar-refractivity contribution in [3.8, 4) is 0 Å². The Balaban J connectivity index is 1.97. The molecule has 0 radical (unpaired) electrons. The first-order valence-electron chi connectivity index (χ1n) is 10.5. The lowest BCUT2D eigenvalue weighted by molar-refractivity contribution is -0.120. The number of fused-ring (bicyclic) bond motifs is 1. The van der Waals surface area contributed by atoms with Crippen LogP contribution >= 0.6 is 0 Å². The van der Waals surface area contributed by atoms with Gasteiger partial charge in [0.1, 0.15) is 0 Å². The van der Waals surface area contributed by atoms with Gasteiger partial charge < -0.3 is 15.0 Å². The monoisotopic (exact) mass is 374 g/mol. The fraction of sp³-hybridized carbons (Fsp3) is 0.727. The van der Waals surface area contributed by atoms with Crippen molar-refractivity contribution >= 4 is 11.7 Å². The number of carbonyl (C=O) groups is 2. The van der Waals surface area contributed by atoms with Crippen molar-refractivity contribution in [2.75, 3.05) is 13.2 Å². The van der Waals surface area contributed by atoms with Crippen LogP contribution in [-0.4, -0.2) is 34.5 Å². The highest BCUT2D eigenvalue weighted by Crippen LogP contribution is 2.42. The molecule has 27 heavy (non-hydrogen) atoms. The molecule has 0 saturated heterocycles. The highest BCUT2D eigenvalue weighted by molar-refractivity contribution is 6.01. The molecular weight excluding hydrogens is 340 g/mol. The van der Waals surface area contributed by atoms with Gasteiger partial charge in [-0.05, 0) is 43.6 Å². The van der Waals surface area contributed by atoms with Crippen LogP contribution in [0.3, 0.4) is 0 Å². The first-order valence-corrected chi connectivity index (χ1v) is 10.5. The lowest BCUT2D eigenvalue weighted by Gasteiger charge is -2.33. The lowest BCUT2D eigenvalue weighted by Crippen LogP contribution is -2.30. The number of carbonyl (C=O) groups excluding carboxylic acids is 2. The number of amides is 1. The molecule has 1 aromatic rings. The molecule has 0 aliphatic heterocycles. The Morgan fingerprint density at radius 1 is 1.22 bits per heavy atom. The number of hydrogen-bond donors (Lipinski definition) is 2. The summed E-state index contributed by atoms with van der Waals surface area (Å²) in [6.07, 6.45) is 8.37. The molecule has 0 bridgehead atoms. The number of Topliss-reactive ketones (excluding diaryl/α,β-unsaturated/α-hetero) is 1. The van der Waals surface area contributed by atoms with Crippen LogP contribution in [0.4, 0.5) is 0 Å². The molecule has 2 aliphatic carbocycles. The predicted molar refractivity (Wildman–Crippen MR) is 106 cm³/mol. The van der Waals surface area contributed by atoms with Crippen LogP contribution in [0.2, 0.25) is 0 Å². The molecule has 5 heteroatoms. The van der Waals surface area contributed by atoms with Crippen molar-refractivity contribution in [1.82, 2.24) is 9.88 Å². The van der Waals surface area contributed by atoms with Crippen molar-refractivity contribution in [3.63, 3.8) is 0 Å². The Labute approximate surface area is 162 Å². The first-order chi connectivity index (χ1) is 12.8. The second kappa shape index (κ2) is 8.17. The molecule has 0 unspecified atom stereocenters. The van der Waals surface area contributed by atoms with Crippen molar-refractivity contribution in [3.05, 3.63) is 22.5 Å². The molecule has 1 saturated carbocycles. The third-order valence-electron chi connectivity index (χ3n) is 6.18. The second-order valence-electron chi connectivity index (χ2n) is 9.09. The van der Waals surface area contributed by atoms with Crippen LogP contribution in [0.5, 0.6) is 0 Å². The van der Waals surface area contributed by atoms with Gasteiger partial charge in [-0.1, -0.05) is 33.1 Å². The van der Waals surface area contributed by atoms with Crippen molar-refractivity contribution in [1.29, 1.82) is 0 Å². The molecule has 150 valence electrons. The van der Waals surface area contributed by atoms with Crippen molar-refractivity contribution < 1.29 is 14.7 Å². The van der Waals surface area contributed by atoms with Gasteiger partial charge in [-0.15, -0.1) is 0 Å². The SMILES string of the molecule is Cc1c(CC(=O)NCCCO)c2c(n1C1CCCCC1)CC(C)(C)CC2=O. The van der Waals surface area contributed by atoms with Gasteiger partial charge in [0.15, 0.2) is 5.78 Å². The van der Waals surface area contributed by atoms with E-state index in [1.807, 2.05) is 0 Å². The van der Waals surface area contributed by atoms with E-state index in [1.165, 1.54) is 37.8 Å². The van der Waals surface area contributed by atoms with Crippen LogP contribution in [-0.2, 0) is 17.6 Å². The number of aliphatic hydroxyl groups excluding tert-OH is 1. The summed E-state index contributed by atoms with van der Waals surface area (Å²) < 4.78 is 2.42. The molecule has 2 N–H and O–H groups in total. The smallest absolute Gasteiger partial charge is 0.224 e. The molecule has 0 atom stereocenters. The molecule has 5 nitrogen and oxygen atoms in total. The van der Waals surface area contributed by atoms with Crippen LogP contribution in [0.1, 0.15) is 92.1 Å². The molecule has 1 heterocycles. The summed E-state index contributed by atoms with van der Waals surface area (Å²) in [6.45, 7) is 6.97. The number of hydrogen-bond acceptors (Lipinski definition) is 3. The standard InChI is InChI=1S/C22H34N2O3/c1-15-17(12-20(27)23-10-7-11-25)21-18(13-22(2,3)14-19(21)26)24(15)16-8-5-4-6-9-16/h16,25H,4-14H2,1-3H3,(H,23,27).